The van der Waals surface area contributed by atoms with E-state index in [1.54, 1.807) is 4.90 Å². The first-order valence-corrected chi connectivity index (χ1v) is 7.71. The fourth-order valence-electron chi connectivity index (χ4n) is 2.64. The van der Waals surface area contributed by atoms with Crippen LogP contribution in [-0.2, 0) is 4.79 Å². The Hall–Kier alpha value is -1.55. The Balaban J connectivity index is 1.90. The van der Waals surface area contributed by atoms with E-state index in [9.17, 15) is 4.79 Å². The van der Waals surface area contributed by atoms with Crippen LogP contribution >= 0.6 is 0 Å². The molecule has 4 heteroatoms. The maximum atomic E-state index is 11.5. The summed E-state index contributed by atoms with van der Waals surface area (Å²) in [4.78, 5) is 15.7. The van der Waals surface area contributed by atoms with E-state index in [2.05, 4.69) is 29.3 Å². The predicted octanol–water partition coefficient (Wildman–Crippen LogP) is 1.15. The van der Waals surface area contributed by atoms with E-state index < -0.39 is 0 Å². The molecule has 0 radical (unpaired) electrons. The van der Waals surface area contributed by atoms with Crippen molar-refractivity contribution in [1.82, 2.24) is 0 Å². The number of nitrogens with zero attached hydrogens (tertiary/aromatic N) is 1. The van der Waals surface area contributed by atoms with Gasteiger partial charge in [-0.3, -0.25) is 4.79 Å². The summed E-state index contributed by atoms with van der Waals surface area (Å²) in [5.74, 6) is 0.0976. The number of benzene rings is 1. The molecule has 0 atom stereocenters. The molecule has 20 heavy (non-hydrogen) atoms. The summed E-state index contributed by atoms with van der Waals surface area (Å²) in [6, 6.07) is 8.22. The van der Waals surface area contributed by atoms with Gasteiger partial charge in [0.25, 0.3) is 0 Å². The van der Waals surface area contributed by atoms with Crippen molar-refractivity contribution in [3.05, 3.63) is 24.3 Å². The van der Waals surface area contributed by atoms with E-state index in [0.29, 0.717) is 6.42 Å². The van der Waals surface area contributed by atoms with Gasteiger partial charge in [0.2, 0.25) is 5.91 Å². The monoisotopic (exact) mass is 276 g/mol. The molecule has 1 aliphatic heterocycles. The Morgan fingerprint density at radius 1 is 1.20 bits per heavy atom. The van der Waals surface area contributed by atoms with Crippen LogP contribution in [-0.4, -0.2) is 38.6 Å². The lowest BCUT2D eigenvalue weighted by molar-refractivity contribution is -0.898. The molecule has 0 unspecified atom stereocenters. The van der Waals surface area contributed by atoms with E-state index in [0.717, 1.165) is 25.2 Å². The second kappa shape index (κ2) is 7.29. The Labute approximate surface area is 121 Å². The van der Waals surface area contributed by atoms with Crippen molar-refractivity contribution in [3.8, 4) is 0 Å². The number of piperazine rings is 1. The molecule has 2 N–H and O–H groups in total. The number of amides is 1. The van der Waals surface area contributed by atoms with Gasteiger partial charge in [-0.1, -0.05) is 6.92 Å². The largest absolute Gasteiger partial charge is 0.360 e. The third-order valence-corrected chi connectivity index (χ3v) is 3.96. The Kier molecular flexibility index (Phi) is 5.41. The molecule has 1 heterocycles. The maximum Gasteiger partial charge on any atom is 0.224 e. The molecule has 1 saturated heterocycles. The van der Waals surface area contributed by atoms with Gasteiger partial charge >= 0.3 is 0 Å². The summed E-state index contributed by atoms with van der Waals surface area (Å²) in [5.41, 5.74) is 2.15. The zero-order valence-electron chi connectivity index (χ0n) is 12.6. The smallest absolute Gasteiger partial charge is 0.224 e. The number of carbonyl (C=O) groups is 1. The van der Waals surface area contributed by atoms with Gasteiger partial charge in [-0.05, 0) is 37.6 Å². The lowest BCUT2D eigenvalue weighted by Gasteiger charge is -2.33. The number of likely N-dealkylation sites (N-methyl/N-ethyl adjacent to an activating group) is 1. The minimum absolute atomic E-state index is 0.0976. The van der Waals surface area contributed by atoms with Crippen LogP contribution in [0.15, 0.2) is 24.3 Å². The highest BCUT2D eigenvalue weighted by molar-refractivity contribution is 5.90. The first-order chi connectivity index (χ1) is 9.72. The van der Waals surface area contributed by atoms with E-state index in [1.807, 2.05) is 19.1 Å². The number of nitrogens with one attached hydrogen (secondary N) is 2. The molecule has 1 aromatic rings. The van der Waals surface area contributed by atoms with Gasteiger partial charge in [-0.2, -0.15) is 0 Å². The zero-order chi connectivity index (χ0) is 14.4. The normalized spacial score (nSPS) is 16.2. The van der Waals surface area contributed by atoms with E-state index in [4.69, 9.17) is 0 Å². The summed E-state index contributed by atoms with van der Waals surface area (Å²) in [6.45, 7) is 10.1. The highest BCUT2D eigenvalue weighted by atomic mass is 16.1. The number of hydrogen-bond donors (Lipinski definition) is 2. The van der Waals surface area contributed by atoms with Crippen molar-refractivity contribution in [2.75, 3.05) is 42.9 Å². The highest BCUT2D eigenvalue weighted by Gasteiger charge is 2.18. The fraction of sp³-hybridized carbons (Fsp3) is 0.562. The van der Waals surface area contributed by atoms with Crippen LogP contribution in [0.3, 0.4) is 0 Å². The minimum atomic E-state index is 0.0976. The SMILES string of the molecule is CCCC(=O)Nc1ccc(N2CC[NH+](CC)CC2)cc1. The molecule has 1 aliphatic rings. The second-order valence-electron chi connectivity index (χ2n) is 5.44. The molecule has 4 nitrogen and oxygen atoms in total. The second-order valence-corrected chi connectivity index (χ2v) is 5.44. The standard InChI is InChI=1S/C16H25N3O/c1-3-5-16(20)17-14-6-8-15(9-7-14)19-12-10-18(4-2)11-13-19/h6-9H,3-5,10-13H2,1-2H3,(H,17,20)/p+1. The fourth-order valence-corrected chi connectivity index (χ4v) is 2.64. The third-order valence-electron chi connectivity index (χ3n) is 3.96. The van der Waals surface area contributed by atoms with Crippen molar-refractivity contribution < 1.29 is 9.69 Å². The van der Waals surface area contributed by atoms with Gasteiger partial charge in [0.1, 0.15) is 0 Å². The molecule has 0 aliphatic carbocycles. The third kappa shape index (κ3) is 3.97. The maximum absolute atomic E-state index is 11.5. The summed E-state index contributed by atoms with van der Waals surface area (Å²) in [7, 11) is 0. The zero-order valence-corrected chi connectivity index (χ0v) is 12.6. The van der Waals surface area contributed by atoms with E-state index in [-0.39, 0.29) is 5.91 Å². The Bertz CT molecular complexity index is 422. The molecule has 2 rings (SSSR count). The Morgan fingerprint density at radius 3 is 2.40 bits per heavy atom. The summed E-state index contributed by atoms with van der Waals surface area (Å²) < 4.78 is 0. The predicted molar refractivity (Wildman–Crippen MR) is 83.4 cm³/mol. The molecule has 0 spiro atoms. The first-order valence-electron chi connectivity index (χ1n) is 7.71. The van der Waals surface area contributed by atoms with Gasteiger partial charge in [0.15, 0.2) is 0 Å². The summed E-state index contributed by atoms with van der Waals surface area (Å²) in [6.07, 6.45) is 1.47. The van der Waals surface area contributed by atoms with E-state index >= 15 is 0 Å². The molecule has 1 fully saturated rings. The topological polar surface area (TPSA) is 36.8 Å². The van der Waals surface area contributed by atoms with Crippen molar-refractivity contribution in [2.45, 2.75) is 26.7 Å². The van der Waals surface area contributed by atoms with Crippen LogP contribution in [0.1, 0.15) is 26.7 Å². The molecule has 0 bridgehead atoms. The van der Waals surface area contributed by atoms with Crippen molar-refractivity contribution in [3.63, 3.8) is 0 Å². The molecule has 1 amide bonds. The van der Waals surface area contributed by atoms with E-state index in [1.165, 1.54) is 25.3 Å². The van der Waals surface area contributed by atoms with Crippen LogP contribution in [0.2, 0.25) is 0 Å². The number of rotatable bonds is 5. The molecule has 110 valence electrons. The van der Waals surface area contributed by atoms with Gasteiger partial charge in [-0.15, -0.1) is 0 Å². The van der Waals surface area contributed by atoms with Gasteiger partial charge in [-0.25, -0.2) is 0 Å². The van der Waals surface area contributed by atoms with Gasteiger partial charge < -0.3 is 15.1 Å². The van der Waals surface area contributed by atoms with Crippen LogP contribution in [0.25, 0.3) is 0 Å². The summed E-state index contributed by atoms with van der Waals surface area (Å²) in [5, 5.41) is 2.93. The van der Waals surface area contributed by atoms with Crippen LogP contribution in [0.5, 0.6) is 0 Å². The quantitative estimate of drug-likeness (QED) is 0.846. The summed E-state index contributed by atoms with van der Waals surface area (Å²) >= 11 is 0. The lowest BCUT2D eigenvalue weighted by Crippen LogP contribution is -3.14. The lowest BCUT2D eigenvalue weighted by atomic mass is 10.2. The average Bonchev–Trinajstić information content (AvgIpc) is 2.48. The van der Waals surface area contributed by atoms with Crippen LogP contribution in [0.4, 0.5) is 11.4 Å². The molecular weight excluding hydrogens is 250 g/mol. The minimum Gasteiger partial charge on any atom is -0.360 e. The van der Waals surface area contributed by atoms with Crippen LogP contribution < -0.4 is 15.1 Å². The number of quaternary nitrogens is 1. The Morgan fingerprint density at radius 2 is 1.85 bits per heavy atom. The molecule has 1 aromatic carbocycles. The van der Waals surface area contributed by atoms with Crippen molar-refractivity contribution >= 4 is 17.3 Å². The molecule has 0 saturated carbocycles. The molecule has 0 aromatic heterocycles. The highest BCUT2D eigenvalue weighted by Crippen LogP contribution is 2.18. The number of anilines is 2. The number of hydrogen-bond acceptors (Lipinski definition) is 2. The van der Waals surface area contributed by atoms with Crippen LogP contribution in [0, 0.1) is 0 Å². The average molecular weight is 276 g/mol. The molecular formula is C16H26N3O+. The van der Waals surface area contributed by atoms with Crippen molar-refractivity contribution in [2.24, 2.45) is 0 Å². The van der Waals surface area contributed by atoms with Gasteiger partial charge in [0.05, 0.1) is 32.7 Å². The number of carbonyl (C=O) groups excluding carboxylic acids is 1. The van der Waals surface area contributed by atoms with Gasteiger partial charge in [0, 0.05) is 17.8 Å². The first kappa shape index (κ1) is 14.9. The van der Waals surface area contributed by atoms with Crippen molar-refractivity contribution in [1.29, 1.82) is 0 Å².